The number of aromatic nitrogens is 2. The fourth-order valence-electron chi connectivity index (χ4n) is 3.78. The predicted octanol–water partition coefficient (Wildman–Crippen LogP) is 4.80. The molecule has 1 N–H and O–H groups in total. The minimum Gasteiger partial charge on any atom is -0.316 e. The van der Waals surface area contributed by atoms with Crippen LogP contribution in [0.15, 0.2) is 77.7 Å². The molecular weight excluding hydrogens is 472 g/mol. The van der Waals surface area contributed by atoms with Crippen molar-refractivity contribution in [2.45, 2.75) is 18.4 Å². The number of aryl methyl sites for hydroxylation is 1. The van der Waals surface area contributed by atoms with Crippen molar-refractivity contribution >= 4 is 27.9 Å². The third kappa shape index (κ3) is 4.44. The molecule has 0 aliphatic carbocycles. The van der Waals surface area contributed by atoms with Crippen LogP contribution >= 0.6 is 11.6 Å². The number of imidazole rings is 1. The summed E-state index contributed by atoms with van der Waals surface area (Å²) in [4.78, 5) is 16.2. The summed E-state index contributed by atoms with van der Waals surface area (Å²) in [5.74, 6) is 0.579. The number of aldehydes is 1. The van der Waals surface area contributed by atoms with Crippen LogP contribution in [0.5, 0.6) is 0 Å². The van der Waals surface area contributed by atoms with E-state index >= 15 is 0 Å². The number of carbonyl (C=O) groups is 1. The van der Waals surface area contributed by atoms with E-state index in [0.717, 1.165) is 16.7 Å². The summed E-state index contributed by atoms with van der Waals surface area (Å²) >= 11 is 6.25. The molecule has 34 heavy (non-hydrogen) atoms. The zero-order chi connectivity index (χ0) is 24.3. The number of hydrogen-bond acceptors (Lipinski definition) is 5. The first-order valence-electron chi connectivity index (χ1n) is 10.2. The van der Waals surface area contributed by atoms with Crippen LogP contribution in [0.4, 0.5) is 0 Å². The SMILES string of the molecule is Cc1cc(-c2ccccc2S(=O)(=O)NC#N)ccc1Cn1c(-c2ccccc2)nc(Cl)c1C=O. The minimum atomic E-state index is -3.98. The molecule has 0 bridgehead atoms. The Morgan fingerprint density at radius 1 is 1.06 bits per heavy atom. The molecule has 0 fully saturated rings. The molecule has 0 aliphatic heterocycles. The Morgan fingerprint density at radius 2 is 1.76 bits per heavy atom. The Hall–Kier alpha value is -3.93. The maximum absolute atomic E-state index is 12.5. The zero-order valence-electron chi connectivity index (χ0n) is 18.1. The number of hydrogen-bond donors (Lipinski definition) is 1. The summed E-state index contributed by atoms with van der Waals surface area (Å²) in [7, 11) is -3.98. The molecule has 0 amide bonds. The average Bonchev–Trinajstić information content (AvgIpc) is 3.15. The number of nitriles is 1. The molecule has 0 radical (unpaired) electrons. The largest absolute Gasteiger partial charge is 0.316 e. The highest BCUT2D eigenvalue weighted by molar-refractivity contribution is 7.89. The molecular formula is C25H19ClN4O3S. The number of carbonyl (C=O) groups excluding carboxylic acids is 1. The van der Waals surface area contributed by atoms with Gasteiger partial charge in [0.25, 0.3) is 10.0 Å². The lowest BCUT2D eigenvalue weighted by atomic mass is 9.99. The molecule has 4 rings (SSSR count). The van der Waals surface area contributed by atoms with Crippen LogP contribution in [-0.4, -0.2) is 24.3 Å². The molecule has 0 aliphatic rings. The Morgan fingerprint density at radius 3 is 2.44 bits per heavy atom. The lowest BCUT2D eigenvalue weighted by Gasteiger charge is -2.14. The van der Waals surface area contributed by atoms with Crippen LogP contribution in [0, 0.1) is 18.4 Å². The Labute approximate surface area is 202 Å². The monoisotopic (exact) mass is 490 g/mol. The maximum atomic E-state index is 12.5. The lowest BCUT2D eigenvalue weighted by Crippen LogP contribution is -2.18. The summed E-state index contributed by atoms with van der Waals surface area (Å²) in [6, 6.07) is 21.5. The summed E-state index contributed by atoms with van der Waals surface area (Å²) < 4.78 is 28.6. The second kappa shape index (κ2) is 9.51. The molecule has 170 valence electrons. The van der Waals surface area contributed by atoms with Gasteiger partial charge in [-0.2, -0.15) is 5.26 Å². The third-order valence-corrected chi connectivity index (χ3v) is 7.02. The van der Waals surface area contributed by atoms with E-state index in [1.54, 1.807) is 22.8 Å². The second-order valence-corrected chi connectivity index (χ2v) is 9.55. The van der Waals surface area contributed by atoms with E-state index in [4.69, 9.17) is 16.9 Å². The van der Waals surface area contributed by atoms with E-state index in [9.17, 15) is 13.2 Å². The molecule has 0 spiro atoms. The lowest BCUT2D eigenvalue weighted by molar-refractivity contribution is 0.111. The molecule has 0 saturated carbocycles. The number of nitrogens with one attached hydrogen (secondary N) is 1. The van der Waals surface area contributed by atoms with E-state index in [2.05, 4.69) is 4.98 Å². The van der Waals surface area contributed by atoms with E-state index in [1.165, 1.54) is 12.3 Å². The quantitative estimate of drug-likeness (QED) is 0.227. The molecule has 9 heteroatoms. The van der Waals surface area contributed by atoms with E-state index in [1.807, 2.05) is 60.2 Å². The zero-order valence-corrected chi connectivity index (χ0v) is 19.6. The van der Waals surface area contributed by atoms with Crippen molar-refractivity contribution in [2.24, 2.45) is 0 Å². The average molecular weight is 491 g/mol. The number of rotatable bonds is 7. The van der Waals surface area contributed by atoms with Crippen molar-refractivity contribution in [3.05, 3.63) is 94.8 Å². The summed E-state index contributed by atoms with van der Waals surface area (Å²) in [5, 5.41) is 8.94. The molecule has 3 aromatic carbocycles. The number of nitrogens with zero attached hydrogens (tertiary/aromatic N) is 3. The van der Waals surface area contributed by atoms with Crippen LogP contribution in [0.2, 0.25) is 5.15 Å². The Kier molecular flexibility index (Phi) is 6.50. The van der Waals surface area contributed by atoms with E-state index < -0.39 is 10.0 Å². The Bertz CT molecular complexity index is 1520. The van der Waals surface area contributed by atoms with Crippen molar-refractivity contribution in [3.63, 3.8) is 0 Å². The van der Waals surface area contributed by atoms with Crippen LogP contribution < -0.4 is 4.72 Å². The predicted molar refractivity (Wildman–Crippen MR) is 130 cm³/mol. The molecule has 0 atom stereocenters. The fourth-order valence-corrected chi connectivity index (χ4v) is 4.97. The highest BCUT2D eigenvalue weighted by Crippen LogP contribution is 2.30. The first-order valence-corrected chi connectivity index (χ1v) is 12.1. The number of benzene rings is 3. The van der Waals surface area contributed by atoms with Gasteiger partial charge < -0.3 is 4.57 Å². The van der Waals surface area contributed by atoms with Crippen molar-refractivity contribution in [1.82, 2.24) is 14.3 Å². The van der Waals surface area contributed by atoms with Gasteiger partial charge in [0.15, 0.2) is 17.6 Å². The van der Waals surface area contributed by atoms with Gasteiger partial charge >= 0.3 is 0 Å². The fraction of sp³-hybridized carbons (Fsp3) is 0.0800. The van der Waals surface area contributed by atoms with Gasteiger partial charge in [-0.25, -0.2) is 18.1 Å². The van der Waals surface area contributed by atoms with Gasteiger partial charge in [-0.1, -0.05) is 78.3 Å². The van der Waals surface area contributed by atoms with Crippen LogP contribution in [-0.2, 0) is 16.6 Å². The van der Waals surface area contributed by atoms with Crippen molar-refractivity contribution in [2.75, 3.05) is 0 Å². The number of halogens is 1. The topological polar surface area (TPSA) is 105 Å². The highest BCUT2D eigenvalue weighted by Gasteiger charge is 2.20. The molecule has 7 nitrogen and oxygen atoms in total. The normalized spacial score (nSPS) is 11.1. The first-order chi connectivity index (χ1) is 16.4. The summed E-state index contributed by atoms with van der Waals surface area (Å²) in [5.41, 5.74) is 4.07. The van der Waals surface area contributed by atoms with E-state index in [-0.39, 0.29) is 15.7 Å². The maximum Gasteiger partial charge on any atom is 0.270 e. The standard InChI is InChI=1S/C25H19ClN4O3S/c1-17-13-19(21-9-5-6-10-23(21)34(32,33)28-16-27)11-12-20(17)14-30-22(15-31)24(26)29-25(30)18-7-3-2-4-8-18/h2-13,15,28H,14H2,1H3. The molecule has 4 aromatic rings. The van der Waals surface area contributed by atoms with Gasteiger partial charge in [0.1, 0.15) is 11.5 Å². The molecule has 1 heterocycles. The highest BCUT2D eigenvalue weighted by atomic mass is 35.5. The third-order valence-electron chi connectivity index (χ3n) is 5.44. The van der Waals surface area contributed by atoms with Gasteiger partial charge in [0.2, 0.25) is 0 Å². The van der Waals surface area contributed by atoms with Crippen molar-refractivity contribution in [3.8, 4) is 28.7 Å². The first kappa shape index (κ1) is 23.2. The van der Waals surface area contributed by atoms with Crippen LogP contribution in [0.3, 0.4) is 0 Å². The molecule has 0 unspecified atom stereocenters. The summed E-state index contributed by atoms with van der Waals surface area (Å²) in [6.07, 6.45) is 2.17. The number of sulfonamides is 1. The van der Waals surface area contributed by atoms with Gasteiger partial charge in [-0.3, -0.25) is 4.79 Å². The van der Waals surface area contributed by atoms with Gasteiger partial charge in [0.05, 0.1) is 11.4 Å². The van der Waals surface area contributed by atoms with Gasteiger partial charge in [0, 0.05) is 11.1 Å². The van der Waals surface area contributed by atoms with Gasteiger partial charge in [-0.15, -0.1) is 0 Å². The van der Waals surface area contributed by atoms with Crippen molar-refractivity contribution < 1.29 is 13.2 Å². The van der Waals surface area contributed by atoms with Crippen molar-refractivity contribution in [1.29, 1.82) is 5.26 Å². The van der Waals surface area contributed by atoms with Gasteiger partial charge in [-0.05, 0) is 29.7 Å². The Balaban J connectivity index is 1.76. The molecule has 1 aromatic heterocycles. The van der Waals surface area contributed by atoms with Crippen LogP contribution in [0.1, 0.15) is 21.6 Å². The summed E-state index contributed by atoms with van der Waals surface area (Å²) in [6.45, 7) is 2.25. The minimum absolute atomic E-state index is 0.0136. The smallest absolute Gasteiger partial charge is 0.270 e. The second-order valence-electron chi connectivity index (χ2n) is 7.54. The molecule has 0 saturated heterocycles. The van der Waals surface area contributed by atoms with E-state index in [0.29, 0.717) is 29.8 Å². The van der Waals surface area contributed by atoms with Crippen LogP contribution in [0.25, 0.3) is 22.5 Å².